The molecule has 2 amide bonds. The standard InChI is InChI=1S/C18H16Cl2N2O2S/c1-25-14-6-2-12(3-7-14)4-9-17(23)21-11-18(24)22-16-10-13(19)5-8-15(16)20/h2-10H,11H2,1H3,(H,21,23)(H,22,24). The van der Waals surface area contributed by atoms with E-state index in [1.54, 1.807) is 36.0 Å². The number of hydrogen-bond donors (Lipinski definition) is 2. The lowest BCUT2D eigenvalue weighted by molar-refractivity contribution is -0.121. The first-order valence-corrected chi connectivity index (χ1v) is 9.31. The highest BCUT2D eigenvalue weighted by Gasteiger charge is 2.07. The number of benzene rings is 2. The first-order chi connectivity index (χ1) is 12.0. The molecule has 2 aromatic carbocycles. The van der Waals surface area contributed by atoms with Crippen LogP contribution in [0.4, 0.5) is 5.69 Å². The zero-order chi connectivity index (χ0) is 18.2. The third-order valence-electron chi connectivity index (χ3n) is 3.17. The highest BCUT2D eigenvalue weighted by atomic mass is 35.5. The number of nitrogens with one attached hydrogen (secondary N) is 2. The van der Waals surface area contributed by atoms with E-state index in [4.69, 9.17) is 23.2 Å². The molecule has 0 spiro atoms. The van der Waals surface area contributed by atoms with Gasteiger partial charge in [-0.15, -0.1) is 11.8 Å². The van der Waals surface area contributed by atoms with E-state index < -0.39 is 5.91 Å². The van der Waals surface area contributed by atoms with Gasteiger partial charge < -0.3 is 10.6 Å². The van der Waals surface area contributed by atoms with Crippen molar-refractivity contribution in [3.8, 4) is 0 Å². The second kappa shape index (κ2) is 9.51. The van der Waals surface area contributed by atoms with E-state index in [9.17, 15) is 9.59 Å². The Kier molecular flexibility index (Phi) is 7.37. The van der Waals surface area contributed by atoms with Crippen LogP contribution in [0.3, 0.4) is 0 Å². The number of thioether (sulfide) groups is 1. The van der Waals surface area contributed by atoms with Crippen molar-refractivity contribution in [1.82, 2.24) is 5.32 Å². The molecule has 0 fully saturated rings. The summed E-state index contributed by atoms with van der Waals surface area (Å²) in [6, 6.07) is 12.5. The molecular formula is C18H16Cl2N2O2S. The van der Waals surface area contributed by atoms with E-state index in [1.807, 2.05) is 30.5 Å². The minimum absolute atomic E-state index is 0.169. The number of anilines is 1. The number of carbonyl (C=O) groups is 2. The molecule has 0 radical (unpaired) electrons. The normalized spacial score (nSPS) is 10.7. The third-order valence-corrected chi connectivity index (χ3v) is 4.48. The number of halogens is 2. The second-order valence-electron chi connectivity index (χ2n) is 5.00. The highest BCUT2D eigenvalue weighted by molar-refractivity contribution is 7.98. The summed E-state index contributed by atoms with van der Waals surface area (Å²) in [5.74, 6) is -0.753. The molecule has 0 heterocycles. The van der Waals surface area contributed by atoms with E-state index in [0.29, 0.717) is 15.7 Å². The molecule has 0 unspecified atom stereocenters. The molecule has 0 bridgehead atoms. The van der Waals surface area contributed by atoms with Gasteiger partial charge in [0.1, 0.15) is 0 Å². The van der Waals surface area contributed by atoms with E-state index in [2.05, 4.69) is 10.6 Å². The summed E-state index contributed by atoms with van der Waals surface area (Å²) in [4.78, 5) is 24.8. The van der Waals surface area contributed by atoms with E-state index in [0.717, 1.165) is 10.5 Å². The van der Waals surface area contributed by atoms with Gasteiger partial charge in [0.05, 0.1) is 17.3 Å². The fraction of sp³-hybridized carbons (Fsp3) is 0.111. The van der Waals surface area contributed by atoms with E-state index in [1.165, 1.54) is 6.08 Å². The molecule has 25 heavy (non-hydrogen) atoms. The van der Waals surface area contributed by atoms with Crippen molar-refractivity contribution in [2.75, 3.05) is 18.1 Å². The molecule has 0 saturated heterocycles. The molecule has 7 heteroatoms. The van der Waals surface area contributed by atoms with Gasteiger partial charge in [-0.05, 0) is 48.2 Å². The first-order valence-electron chi connectivity index (χ1n) is 7.33. The fourth-order valence-electron chi connectivity index (χ4n) is 1.90. The largest absolute Gasteiger partial charge is 0.343 e. The summed E-state index contributed by atoms with van der Waals surface area (Å²) in [7, 11) is 0. The molecule has 0 aliphatic rings. The van der Waals surface area contributed by atoms with Crippen LogP contribution in [0.1, 0.15) is 5.56 Å². The van der Waals surface area contributed by atoms with Crippen LogP contribution in [0.15, 0.2) is 53.4 Å². The number of rotatable bonds is 6. The number of amides is 2. The zero-order valence-electron chi connectivity index (χ0n) is 13.4. The third kappa shape index (κ3) is 6.46. The highest BCUT2D eigenvalue weighted by Crippen LogP contribution is 2.25. The van der Waals surface area contributed by atoms with Gasteiger partial charge in [-0.3, -0.25) is 9.59 Å². The maximum absolute atomic E-state index is 11.9. The van der Waals surface area contributed by atoms with Crippen molar-refractivity contribution in [2.45, 2.75) is 4.90 Å². The first kappa shape index (κ1) is 19.4. The Balaban J connectivity index is 1.83. The number of hydrogen-bond acceptors (Lipinski definition) is 3. The molecular weight excluding hydrogens is 379 g/mol. The Hall–Kier alpha value is -1.95. The van der Waals surface area contributed by atoms with Gasteiger partial charge in [0, 0.05) is 16.0 Å². The van der Waals surface area contributed by atoms with E-state index >= 15 is 0 Å². The quantitative estimate of drug-likeness (QED) is 0.560. The molecule has 2 N–H and O–H groups in total. The summed E-state index contributed by atoms with van der Waals surface area (Å²) in [5.41, 5.74) is 1.31. The Morgan fingerprint density at radius 1 is 1.12 bits per heavy atom. The predicted octanol–water partition coefficient (Wildman–Crippen LogP) is 4.48. The topological polar surface area (TPSA) is 58.2 Å². The van der Waals surface area contributed by atoms with Gasteiger partial charge in [0.25, 0.3) is 0 Å². The minimum atomic E-state index is -0.393. The molecule has 4 nitrogen and oxygen atoms in total. The Labute approximate surface area is 160 Å². The van der Waals surface area contributed by atoms with Gasteiger partial charge >= 0.3 is 0 Å². The van der Waals surface area contributed by atoms with Crippen LogP contribution in [0.25, 0.3) is 6.08 Å². The van der Waals surface area contributed by atoms with Crippen LogP contribution in [0.2, 0.25) is 10.0 Å². The van der Waals surface area contributed by atoms with Crippen molar-refractivity contribution in [2.24, 2.45) is 0 Å². The van der Waals surface area contributed by atoms with Gasteiger partial charge in [-0.2, -0.15) is 0 Å². The van der Waals surface area contributed by atoms with Gasteiger partial charge in [0.15, 0.2) is 0 Å². The van der Waals surface area contributed by atoms with Gasteiger partial charge in [-0.1, -0.05) is 35.3 Å². The van der Waals surface area contributed by atoms with Crippen molar-refractivity contribution >= 4 is 58.5 Å². The zero-order valence-corrected chi connectivity index (χ0v) is 15.7. The number of carbonyl (C=O) groups excluding carboxylic acids is 2. The van der Waals surface area contributed by atoms with Gasteiger partial charge in [0.2, 0.25) is 11.8 Å². The van der Waals surface area contributed by atoms with Crippen LogP contribution in [0.5, 0.6) is 0 Å². The fourth-order valence-corrected chi connectivity index (χ4v) is 2.65. The molecule has 130 valence electrons. The smallest absolute Gasteiger partial charge is 0.244 e. The minimum Gasteiger partial charge on any atom is -0.343 e. The van der Waals surface area contributed by atoms with Crippen LogP contribution >= 0.6 is 35.0 Å². The molecule has 0 aliphatic carbocycles. The molecule has 2 aromatic rings. The maximum atomic E-state index is 11.9. The molecule has 0 aromatic heterocycles. The van der Waals surface area contributed by atoms with Crippen molar-refractivity contribution < 1.29 is 9.59 Å². The predicted molar refractivity (Wildman–Crippen MR) is 105 cm³/mol. The summed E-state index contributed by atoms with van der Waals surface area (Å²) in [5, 5.41) is 5.94. The van der Waals surface area contributed by atoms with Crippen LogP contribution in [-0.2, 0) is 9.59 Å². The molecule has 0 saturated carbocycles. The Morgan fingerprint density at radius 3 is 2.52 bits per heavy atom. The second-order valence-corrected chi connectivity index (χ2v) is 6.72. The van der Waals surface area contributed by atoms with Crippen LogP contribution < -0.4 is 10.6 Å². The lowest BCUT2D eigenvalue weighted by Crippen LogP contribution is -2.31. The maximum Gasteiger partial charge on any atom is 0.244 e. The molecule has 2 rings (SSSR count). The summed E-state index contributed by atoms with van der Waals surface area (Å²) < 4.78 is 0. The van der Waals surface area contributed by atoms with Crippen LogP contribution in [0, 0.1) is 0 Å². The average Bonchev–Trinajstić information content (AvgIpc) is 2.61. The Bertz CT molecular complexity index is 792. The molecule has 0 atom stereocenters. The summed E-state index contributed by atoms with van der Waals surface area (Å²) >= 11 is 13.5. The SMILES string of the molecule is CSc1ccc(C=CC(=O)NCC(=O)Nc2cc(Cl)ccc2Cl)cc1. The summed E-state index contributed by atoms with van der Waals surface area (Å²) in [6.45, 7) is -0.169. The summed E-state index contributed by atoms with van der Waals surface area (Å²) in [6.07, 6.45) is 5.07. The van der Waals surface area contributed by atoms with Crippen molar-refractivity contribution in [3.63, 3.8) is 0 Å². The van der Waals surface area contributed by atoms with Crippen molar-refractivity contribution in [3.05, 3.63) is 64.1 Å². The van der Waals surface area contributed by atoms with E-state index in [-0.39, 0.29) is 12.5 Å². The average molecular weight is 395 g/mol. The van der Waals surface area contributed by atoms with Crippen molar-refractivity contribution in [1.29, 1.82) is 0 Å². The van der Waals surface area contributed by atoms with Gasteiger partial charge in [-0.25, -0.2) is 0 Å². The monoisotopic (exact) mass is 394 g/mol. The van der Waals surface area contributed by atoms with Crippen LogP contribution in [-0.4, -0.2) is 24.6 Å². The molecule has 0 aliphatic heterocycles. The lowest BCUT2D eigenvalue weighted by atomic mass is 10.2. The lowest BCUT2D eigenvalue weighted by Gasteiger charge is -2.08. The Morgan fingerprint density at radius 2 is 1.84 bits per heavy atom.